The van der Waals surface area contributed by atoms with Crippen molar-refractivity contribution in [1.82, 2.24) is 10.2 Å². The van der Waals surface area contributed by atoms with E-state index in [1.165, 1.54) is 12.1 Å². The Bertz CT molecular complexity index is 869. The van der Waals surface area contributed by atoms with Gasteiger partial charge < -0.3 is 15.4 Å². The molecule has 2 N–H and O–H groups in total. The van der Waals surface area contributed by atoms with Gasteiger partial charge in [0.15, 0.2) is 0 Å². The van der Waals surface area contributed by atoms with Crippen LogP contribution in [0, 0.1) is 0 Å². The summed E-state index contributed by atoms with van der Waals surface area (Å²) < 4.78 is 40.5. The Morgan fingerprint density at radius 3 is 2.30 bits per heavy atom. The van der Waals surface area contributed by atoms with Crippen LogP contribution in [0.3, 0.4) is 0 Å². The maximum Gasteiger partial charge on any atom is 0.573 e. The number of alkyl halides is 3. The number of benzene rings is 2. The number of anilines is 1. The van der Waals surface area contributed by atoms with Crippen LogP contribution in [0.5, 0.6) is 5.75 Å². The Labute approximate surface area is 172 Å². The molecule has 3 rings (SSSR count). The van der Waals surface area contributed by atoms with Crippen molar-refractivity contribution in [1.29, 1.82) is 0 Å². The highest BCUT2D eigenvalue weighted by molar-refractivity contribution is 5.93. The fourth-order valence-corrected chi connectivity index (χ4v) is 3.01. The molecule has 160 valence electrons. The van der Waals surface area contributed by atoms with E-state index in [0.29, 0.717) is 5.69 Å². The Morgan fingerprint density at radius 1 is 1.10 bits per heavy atom. The first-order chi connectivity index (χ1) is 14.2. The minimum Gasteiger partial charge on any atom is -0.406 e. The summed E-state index contributed by atoms with van der Waals surface area (Å²) in [5.41, 5.74) is 1.08. The second kappa shape index (κ2) is 9.17. The zero-order valence-corrected chi connectivity index (χ0v) is 16.3. The first-order valence-corrected chi connectivity index (χ1v) is 9.42. The summed E-state index contributed by atoms with van der Waals surface area (Å²) in [6.07, 6.45) is -2.88. The van der Waals surface area contributed by atoms with Crippen LogP contribution < -0.4 is 15.4 Å². The number of carbonyl (C=O) groups is 2. The monoisotopic (exact) mass is 421 g/mol. The lowest BCUT2D eigenvalue weighted by molar-refractivity contribution is -0.274. The predicted molar refractivity (Wildman–Crippen MR) is 105 cm³/mol. The van der Waals surface area contributed by atoms with Crippen LogP contribution in [0.2, 0.25) is 0 Å². The summed E-state index contributed by atoms with van der Waals surface area (Å²) in [5.74, 6) is -0.951. The first-order valence-electron chi connectivity index (χ1n) is 9.42. The highest BCUT2D eigenvalue weighted by atomic mass is 19.4. The highest BCUT2D eigenvalue weighted by Gasteiger charge is 2.32. The lowest BCUT2D eigenvalue weighted by Gasteiger charge is -2.27. The van der Waals surface area contributed by atoms with E-state index in [4.69, 9.17) is 0 Å². The quantitative estimate of drug-likeness (QED) is 0.685. The first kappa shape index (κ1) is 21.6. The molecule has 2 aromatic rings. The second-order valence-electron chi connectivity index (χ2n) is 7.13. The van der Waals surface area contributed by atoms with Crippen molar-refractivity contribution in [3.63, 3.8) is 0 Å². The molecule has 0 bridgehead atoms. The van der Waals surface area contributed by atoms with E-state index in [1.54, 1.807) is 11.9 Å². The summed E-state index contributed by atoms with van der Waals surface area (Å²) >= 11 is 0. The Morgan fingerprint density at radius 2 is 1.73 bits per heavy atom. The molecule has 0 aromatic heterocycles. The summed E-state index contributed by atoms with van der Waals surface area (Å²) in [5, 5.41) is 5.58. The van der Waals surface area contributed by atoms with E-state index in [-0.39, 0.29) is 24.2 Å². The van der Waals surface area contributed by atoms with Crippen molar-refractivity contribution < 1.29 is 27.5 Å². The number of nitrogens with one attached hydrogen (secondary N) is 2. The van der Waals surface area contributed by atoms with E-state index < -0.39 is 18.3 Å². The molecule has 6 nitrogen and oxygen atoms in total. The van der Waals surface area contributed by atoms with E-state index in [1.807, 2.05) is 30.3 Å². The van der Waals surface area contributed by atoms with Gasteiger partial charge in [0.25, 0.3) is 0 Å². The SMILES string of the molecule is CN(CC(=O)Nc1ccc(OC(F)(F)F)cc1)[C@H](C(=O)NC1CC1)c1ccccc1. The topological polar surface area (TPSA) is 70.7 Å². The third-order valence-corrected chi connectivity index (χ3v) is 4.49. The van der Waals surface area contributed by atoms with E-state index in [2.05, 4.69) is 15.4 Å². The van der Waals surface area contributed by atoms with Gasteiger partial charge in [-0.3, -0.25) is 14.5 Å². The maximum atomic E-state index is 12.7. The van der Waals surface area contributed by atoms with Gasteiger partial charge in [0.2, 0.25) is 11.8 Å². The van der Waals surface area contributed by atoms with Gasteiger partial charge >= 0.3 is 6.36 Å². The number of halogens is 3. The van der Waals surface area contributed by atoms with Crippen molar-refractivity contribution in [3.8, 4) is 5.75 Å². The van der Waals surface area contributed by atoms with Gasteiger partial charge in [-0.2, -0.15) is 0 Å². The molecule has 0 aliphatic heterocycles. The molecular weight excluding hydrogens is 399 g/mol. The molecule has 0 saturated heterocycles. The zero-order chi connectivity index (χ0) is 21.7. The number of amides is 2. The number of rotatable bonds is 8. The number of carbonyl (C=O) groups excluding carboxylic acids is 2. The van der Waals surface area contributed by atoms with Crippen molar-refractivity contribution in [3.05, 3.63) is 60.2 Å². The molecule has 1 aliphatic carbocycles. The summed E-state index contributed by atoms with van der Waals surface area (Å²) in [6.45, 7) is -0.0849. The van der Waals surface area contributed by atoms with E-state index in [9.17, 15) is 22.8 Å². The van der Waals surface area contributed by atoms with Gasteiger partial charge in [0, 0.05) is 11.7 Å². The smallest absolute Gasteiger partial charge is 0.406 e. The molecule has 2 amide bonds. The largest absolute Gasteiger partial charge is 0.573 e. The fourth-order valence-electron chi connectivity index (χ4n) is 3.01. The average Bonchev–Trinajstić information content (AvgIpc) is 3.47. The summed E-state index contributed by atoms with van der Waals surface area (Å²) in [4.78, 5) is 26.8. The minimum atomic E-state index is -4.78. The van der Waals surface area contributed by atoms with Gasteiger partial charge in [0.05, 0.1) is 6.54 Å². The van der Waals surface area contributed by atoms with Crippen LogP contribution in [0.1, 0.15) is 24.4 Å². The van der Waals surface area contributed by atoms with Crippen LogP contribution in [0.15, 0.2) is 54.6 Å². The lowest BCUT2D eigenvalue weighted by Crippen LogP contribution is -2.42. The second-order valence-corrected chi connectivity index (χ2v) is 7.13. The number of nitrogens with zero attached hydrogens (tertiary/aromatic N) is 1. The van der Waals surface area contributed by atoms with E-state index in [0.717, 1.165) is 30.5 Å². The Balaban J connectivity index is 1.62. The zero-order valence-electron chi connectivity index (χ0n) is 16.3. The summed E-state index contributed by atoms with van der Waals surface area (Å²) in [7, 11) is 1.67. The van der Waals surface area contributed by atoms with Gasteiger partial charge in [-0.15, -0.1) is 13.2 Å². The number of likely N-dealkylation sites (N-methyl/N-ethyl adjacent to an activating group) is 1. The fraction of sp³-hybridized carbons (Fsp3) is 0.333. The molecule has 1 saturated carbocycles. The molecule has 1 atom stereocenters. The van der Waals surface area contributed by atoms with Gasteiger partial charge in [0.1, 0.15) is 11.8 Å². The Kier molecular flexibility index (Phi) is 6.61. The molecule has 9 heteroatoms. The predicted octanol–water partition coefficient (Wildman–Crippen LogP) is 3.48. The standard InChI is InChI=1S/C21H22F3N3O3/c1-27(19(14-5-3-2-4-6-14)20(29)26-16-7-8-16)13-18(28)25-15-9-11-17(12-10-15)30-21(22,23)24/h2-6,9-12,16,19H,7-8,13H2,1H3,(H,25,28)(H,26,29)/t19-/m0/s1. The average molecular weight is 421 g/mol. The van der Waals surface area contributed by atoms with Crippen LogP contribution >= 0.6 is 0 Å². The third kappa shape index (κ3) is 6.48. The van der Waals surface area contributed by atoms with Gasteiger partial charge in [-0.05, 0) is 49.7 Å². The lowest BCUT2D eigenvalue weighted by atomic mass is 10.0. The molecule has 1 fully saturated rings. The summed E-state index contributed by atoms with van der Waals surface area (Å²) in [6, 6.07) is 13.5. The molecule has 0 spiro atoms. The molecule has 0 heterocycles. The number of ether oxygens (including phenoxy) is 1. The van der Waals surface area contributed by atoms with Crippen molar-refractivity contribution in [2.24, 2.45) is 0 Å². The number of hydrogen-bond donors (Lipinski definition) is 2. The van der Waals surface area contributed by atoms with Gasteiger partial charge in [-0.1, -0.05) is 30.3 Å². The van der Waals surface area contributed by atoms with Crippen LogP contribution in [-0.4, -0.2) is 42.7 Å². The highest BCUT2D eigenvalue weighted by Crippen LogP contribution is 2.25. The van der Waals surface area contributed by atoms with Crippen LogP contribution in [-0.2, 0) is 9.59 Å². The number of hydrogen-bond acceptors (Lipinski definition) is 4. The van der Waals surface area contributed by atoms with Crippen molar-refractivity contribution in [2.45, 2.75) is 31.3 Å². The van der Waals surface area contributed by atoms with E-state index >= 15 is 0 Å². The Hall–Kier alpha value is -3.07. The van der Waals surface area contributed by atoms with Crippen molar-refractivity contribution in [2.75, 3.05) is 18.9 Å². The molecule has 1 aliphatic rings. The molecule has 2 aromatic carbocycles. The molecule has 30 heavy (non-hydrogen) atoms. The third-order valence-electron chi connectivity index (χ3n) is 4.49. The minimum absolute atomic E-state index is 0.0849. The van der Waals surface area contributed by atoms with Crippen LogP contribution in [0.25, 0.3) is 0 Å². The van der Waals surface area contributed by atoms with Crippen molar-refractivity contribution >= 4 is 17.5 Å². The molecule has 0 unspecified atom stereocenters. The maximum absolute atomic E-state index is 12.7. The molecular formula is C21H22F3N3O3. The molecule has 0 radical (unpaired) electrons. The van der Waals surface area contributed by atoms with Crippen LogP contribution in [0.4, 0.5) is 18.9 Å². The normalized spacial score (nSPS) is 14.8. The van der Waals surface area contributed by atoms with Gasteiger partial charge in [-0.25, -0.2) is 0 Å².